The third-order valence-corrected chi connectivity index (χ3v) is 7.68. The van der Waals surface area contributed by atoms with Gasteiger partial charge in [0, 0.05) is 17.0 Å². The molecule has 0 bridgehead atoms. The van der Waals surface area contributed by atoms with Gasteiger partial charge in [0.25, 0.3) is 0 Å². The minimum Gasteiger partial charge on any atom is -0.507 e. The van der Waals surface area contributed by atoms with E-state index in [1.807, 2.05) is 0 Å². The molecule has 0 aliphatic rings. The summed E-state index contributed by atoms with van der Waals surface area (Å²) in [5.41, 5.74) is 6.40. The van der Waals surface area contributed by atoms with Crippen LogP contribution in [-0.2, 0) is 10.8 Å². The van der Waals surface area contributed by atoms with Crippen LogP contribution in [0.4, 0.5) is 0 Å². The topological polar surface area (TPSA) is 40.5 Å². The summed E-state index contributed by atoms with van der Waals surface area (Å²) >= 11 is 0. The van der Waals surface area contributed by atoms with Gasteiger partial charge in [-0.2, -0.15) is 0 Å². The first kappa shape index (κ1) is 28.3. The molecule has 2 heteroatoms. The molecule has 0 amide bonds. The maximum absolute atomic E-state index is 11.6. The molecule has 0 aliphatic carbocycles. The highest BCUT2D eigenvalue weighted by Crippen LogP contribution is 2.47. The lowest BCUT2D eigenvalue weighted by Gasteiger charge is -2.30. The second-order valence-electron chi connectivity index (χ2n) is 12.5. The predicted molar refractivity (Wildman–Crippen MR) is 148 cm³/mol. The van der Waals surface area contributed by atoms with E-state index >= 15 is 0 Å². The van der Waals surface area contributed by atoms with Gasteiger partial charge in [-0.25, -0.2) is 0 Å². The Balaban J connectivity index is 2.93. The van der Waals surface area contributed by atoms with Crippen LogP contribution < -0.4 is 0 Å². The molecule has 2 unspecified atom stereocenters. The summed E-state index contributed by atoms with van der Waals surface area (Å²) in [5, 5.41) is 23.2. The standard InChI is InChI=1S/C32H50O2/c1-12-15-24(27-18-22(31(6,7)8)16-25(29(27)33)20(4)13-2)28-19-23(32(9,10)11)17-26(30(28)34)21(5)14-3/h16-21,24,33-34H,12-15H2,1-11H3. The summed E-state index contributed by atoms with van der Waals surface area (Å²) in [6.45, 7) is 24.3. The lowest BCUT2D eigenvalue weighted by molar-refractivity contribution is 0.435. The van der Waals surface area contributed by atoms with Gasteiger partial charge in [0.15, 0.2) is 0 Å². The molecule has 0 aliphatic heterocycles. The van der Waals surface area contributed by atoms with Crippen LogP contribution in [0.25, 0.3) is 0 Å². The third-order valence-electron chi connectivity index (χ3n) is 7.68. The van der Waals surface area contributed by atoms with E-state index in [-0.39, 0.29) is 28.6 Å². The first-order valence-electron chi connectivity index (χ1n) is 13.4. The van der Waals surface area contributed by atoms with Crippen molar-refractivity contribution in [1.82, 2.24) is 0 Å². The van der Waals surface area contributed by atoms with Crippen molar-refractivity contribution in [3.63, 3.8) is 0 Å². The van der Waals surface area contributed by atoms with Gasteiger partial charge in [-0.3, -0.25) is 0 Å². The Morgan fingerprint density at radius 2 is 0.941 bits per heavy atom. The summed E-state index contributed by atoms with van der Waals surface area (Å²) < 4.78 is 0. The molecule has 2 atom stereocenters. The van der Waals surface area contributed by atoms with Crippen LogP contribution in [0, 0.1) is 0 Å². The van der Waals surface area contributed by atoms with Crippen molar-refractivity contribution in [2.24, 2.45) is 0 Å². The van der Waals surface area contributed by atoms with Gasteiger partial charge in [-0.1, -0.05) is 107 Å². The monoisotopic (exact) mass is 466 g/mol. The van der Waals surface area contributed by atoms with Crippen LogP contribution in [0.3, 0.4) is 0 Å². The van der Waals surface area contributed by atoms with Crippen molar-refractivity contribution in [3.05, 3.63) is 57.6 Å². The highest BCUT2D eigenvalue weighted by molar-refractivity contribution is 5.56. The summed E-state index contributed by atoms with van der Waals surface area (Å²) in [7, 11) is 0. The zero-order valence-electron chi connectivity index (χ0n) is 23.8. The third kappa shape index (κ3) is 5.99. The number of phenols is 2. The zero-order chi connectivity index (χ0) is 26.0. The van der Waals surface area contributed by atoms with Gasteiger partial charge in [-0.05, 0) is 64.2 Å². The molecular formula is C32H50O2. The SMILES string of the molecule is CCCC(c1cc(C(C)(C)C)cc(C(C)CC)c1O)c1cc(C(C)(C)C)cc(C(C)CC)c1O. The van der Waals surface area contributed by atoms with Crippen LogP contribution >= 0.6 is 0 Å². The minimum absolute atomic E-state index is 0.0292. The van der Waals surface area contributed by atoms with E-state index in [0.29, 0.717) is 11.5 Å². The second-order valence-corrected chi connectivity index (χ2v) is 12.5. The molecule has 0 aromatic heterocycles. The fraction of sp³-hybridized carbons (Fsp3) is 0.625. The Kier molecular flexibility index (Phi) is 8.94. The lowest BCUT2D eigenvalue weighted by atomic mass is 9.75. The number of hydrogen-bond acceptors (Lipinski definition) is 2. The molecular weight excluding hydrogens is 416 g/mol. The minimum atomic E-state index is -0.0554. The van der Waals surface area contributed by atoms with Crippen LogP contribution in [0.5, 0.6) is 11.5 Å². The molecule has 0 radical (unpaired) electrons. The van der Waals surface area contributed by atoms with Crippen molar-refractivity contribution in [2.45, 2.75) is 130 Å². The van der Waals surface area contributed by atoms with Crippen molar-refractivity contribution < 1.29 is 10.2 Å². The molecule has 2 N–H and O–H groups in total. The number of benzene rings is 2. The van der Waals surface area contributed by atoms with Crippen molar-refractivity contribution >= 4 is 0 Å². The molecule has 2 aromatic rings. The number of aromatic hydroxyl groups is 2. The largest absolute Gasteiger partial charge is 0.507 e. The van der Waals surface area contributed by atoms with E-state index in [2.05, 4.69) is 100 Å². The van der Waals surface area contributed by atoms with E-state index in [9.17, 15) is 10.2 Å². The Labute approximate surface area is 209 Å². The molecule has 0 saturated carbocycles. The number of phenolic OH excluding ortho intramolecular Hbond substituents is 2. The Morgan fingerprint density at radius 1 is 0.618 bits per heavy atom. The second kappa shape index (κ2) is 10.8. The fourth-order valence-corrected chi connectivity index (χ4v) is 4.72. The highest BCUT2D eigenvalue weighted by atomic mass is 16.3. The van der Waals surface area contributed by atoms with E-state index in [1.54, 1.807) is 0 Å². The molecule has 0 saturated heterocycles. The maximum atomic E-state index is 11.6. The summed E-state index contributed by atoms with van der Waals surface area (Å²) in [6, 6.07) is 8.80. The molecule has 0 spiro atoms. The molecule has 2 nitrogen and oxygen atoms in total. The molecule has 0 fully saturated rings. The quantitative estimate of drug-likeness (QED) is 0.406. The van der Waals surface area contributed by atoms with Crippen LogP contribution in [-0.4, -0.2) is 10.2 Å². The maximum Gasteiger partial charge on any atom is 0.122 e. The Bertz CT molecular complexity index is 894. The normalized spacial score (nSPS) is 15.3. The van der Waals surface area contributed by atoms with Crippen molar-refractivity contribution in [3.8, 4) is 11.5 Å². The Morgan fingerprint density at radius 3 is 1.21 bits per heavy atom. The first-order chi connectivity index (χ1) is 15.7. The molecule has 2 rings (SSSR count). The average molecular weight is 467 g/mol. The van der Waals surface area contributed by atoms with E-state index in [4.69, 9.17) is 0 Å². The first-order valence-corrected chi connectivity index (χ1v) is 13.4. The molecule has 0 heterocycles. The molecule has 34 heavy (non-hydrogen) atoms. The van der Waals surface area contributed by atoms with E-state index < -0.39 is 0 Å². The van der Waals surface area contributed by atoms with E-state index in [1.165, 1.54) is 11.1 Å². The molecule has 2 aromatic carbocycles. The lowest BCUT2D eigenvalue weighted by Crippen LogP contribution is -2.16. The van der Waals surface area contributed by atoms with Crippen LogP contribution in [0.1, 0.15) is 153 Å². The summed E-state index contributed by atoms with van der Waals surface area (Å²) in [6.07, 6.45) is 3.80. The fourth-order valence-electron chi connectivity index (χ4n) is 4.72. The van der Waals surface area contributed by atoms with Gasteiger partial charge in [0.05, 0.1) is 0 Å². The van der Waals surface area contributed by atoms with Gasteiger partial charge < -0.3 is 10.2 Å². The predicted octanol–water partition coefficient (Wildman–Crippen LogP) is 9.65. The van der Waals surface area contributed by atoms with Gasteiger partial charge >= 0.3 is 0 Å². The average Bonchev–Trinajstić information content (AvgIpc) is 2.75. The van der Waals surface area contributed by atoms with Crippen LogP contribution in [0.2, 0.25) is 0 Å². The van der Waals surface area contributed by atoms with Gasteiger partial charge in [0.2, 0.25) is 0 Å². The van der Waals surface area contributed by atoms with Gasteiger partial charge in [0.1, 0.15) is 11.5 Å². The smallest absolute Gasteiger partial charge is 0.122 e. The van der Waals surface area contributed by atoms with Gasteiger partial charge in [-0.15, -0.1) is 0 Å². The van der Waals surface area contributed by atoms with Crippen molar-refractivity contribution in [1.29, 1.82) is 0 Å². The highest BCUT2D eigenvalue weighted by Gasteiger charge is 2.29. The zero-order valence-corrected chi connectivity index (χ0v) is 23.8. The summed E-state index contributed by atoms with van der Waals surface area (Å²) in [4.78, 5) is 0. The molecule has 190 valence electrons. The van der Waals surface area contributed by atoms with E-state index in [0.717, 1.165) is 47.9 Å². The Hall–Kier alpha value is -1.96. The van der Waals surface area contributed by atoms with Crippen molar-refractivity contribution in [2.75, 3.05) is 0 Å². The summed E-state index contributed by atoms with van der Waals surface area (Å²) in [5.74, 6) is 1.31. The number of hydrogen-bond donors (Lipinski definition) is 2. The van der Waals surface area contributed by atoms with Crippen LogP contribution in [0.15, 0.2) is 24.3 Å². The number of rotatable bonds is 8.